The lowest BCUT2D eigenvalue weighted by Gasteiger charge is -2.35. The van der Waals surface area contributed by atoms with Crippen LogP contribution in [0.2, 0.25) is 0 Å². The number of carbonyl (C=O) groups is 2. The van der Waals surface area contributed by atoms with Crippen molar-refractivity contribution in [3.63, 3.8) is 0 Å². The van der Waals surface area contributed by atoms with E-state index in [0.29, 0.717) is 18.3 Å². The van der Waals surface area contributed by atoms with Crippen LogP contribution in [0.25, 0.3) is 0 Å². The lowest BCUT2D eigenvalue weighted by molar-refractivity contribution is -0.137. The molecule has 3 fully saturated rings. The van der Waals surface area contributed by atoms with Gasteiger partial charge in [-0.3, -0.25) is 19.8 Å². The Morgan fingerprint density at radius 3 is 2.67 bits per heavy atom. The lowest BCUT2D eigenvalue weighted by atomic mass is 9.78. The summed E-state index contributed by atoms with van der Waals surface area (Å²) in [7, 11) is 0. The van der Waals surface area contributed by atoms with Gasteiger partial charge in [-0.2, -0.15) is 0 Å². The Labute approximate surface area is 107 Å². The quantitative estimate of drug-likeness (QED) is 0.637. The lowest BCUT2D eigenvalue weighted by Crippen LogP contribution is -2.52. The van der Waals surface area contributed by atoms with Gasteiger partial charge in [0, 0.05) is 13.0 Å². The zero-order chi connectivity index (χ0) is 12.6. The van der Waals surface area contributed by atoms with E-state index in [0.717, 1.165) is 26.2 Å². The number of hydrogen-bond acceptors (Lipinski definition) is 4. The Morgan fingerprint density at radius 1 is 1.17 bits per heavy atom. The summed E-state index contributed by atoms with van der Waals surface area (Å²) in [5.41, 5.74) is 0.424. The van der Waals surface area contributed by atoms with E-state index in [1.54, 1.807) is 0 Å². The molecule has 3 saturated heterocycles. The van der Waals surface area contributed by atoms with Crippen molar-refractivity contribution in [2.75, 3.05) is 26.2 Å². The zero-order valence-electron chi connectivity index (χ0n) is 10.7. The summed E-state index contributed by atoms with van der Waals surface area (Å²) in [4.78, 5) is 25.3. The van der Waals surface area contributed by atoms with Crippen LogP contribution < -0.4 is 10.6 Å². The van der Waals surface area contributed by atoms with Crippen LogP contribution in [0.5, 0.6) is 0 Å². The van der Waals surface area contributed by atoms with Crippen molar-refractivity contribution in [2.24, 2.45) is 5.41 Å². The van der Waals surface area contributed by atoms with Crippen molar-refractivity contribution >= 4 is 11.8 Å². The van der Waals surface area contributed by atoms with Crippen molar-refractivity contribution in [2.45, 2.75) is 38.1 Å². The molecular weight excluding hydrogens is 230 g/mol. The SMILES string of the molecule is O=C1CCC(N2CCC3(CCNCC3)C2)C(=O)N1. The Kier molecular flexibility index (Phi) is 3.11. The Hall–Kier alpha value is -0.940. The van der Waals surface area contributed by atoms with Crippen molar-refractivity contribution in [1.82, 2.24) is 15.5 Å². The molecule has 18 heavy (non-hydrogen) atoms. The molecule has 1 unspecified atom stereocenters. The topological polar surface area (TPSA) is 61.4 Å². The highest BCUT2D eigenvalue weighted by Crippen LogP contribution is 2.39. The first-order chi connectivity index (χ1) is 8.69. The molecular formula is C13H21N3O2. The maximum atomic E-state index is 11.9. The average molecular weight is 251 g/mol. The van der Waals surface area contributed by atoms with Gasteiger partial charge in [0.05, 0.1) is 6.04 Å². The molecule has 5 nitrogen and oxygen atoms in total. The number of carbonyl (C=O) groups excluding carboxylic acids is 2. The largest absolute Gasteiger partial charge is 0.317 e. The van der Waals surface area contributed by atoms with Crippen molar-refractivity contribution < 1.29 is 9.59 Å². The van der Waals surface area contributed by atoms with Crippen LogP contribution in [0.15, 0.2) is 0 Å². The molecule has 2 amide bonds. The smallest absolute Gasteiger partial charge is 0.243 e. The summed E-state index contributed by atoms with van der Waals surface area (Å²) in [6, 6.07) is -0.0723. The molecule has 0 bridgehead atoms. The predicted molar refractivity (Wildman–Crippen MR) is 66.9 cm³/mol. The second-order valence-electron chi connectivity index (χ2n) is 5.94. The number of hydrogen-bond donors (Lipinski definition) is 2. The molecule has 3 rings (SSSR count). The van der Waals surface area contributed by atoms with E-state index < -0.39 is 0 Å². The molecule has 5 heteroatoms. The highest BCUT2D eigenvalue weighted by atomic mass is 16.2. The molecule has 100 valence electrons. The second-order valence-corrected chi connectivity index (χ2v) is 5.94. The first kappa shape index (κ1) is 12.1. The van der Waals surface area contributed by atoms with Gasteiger partial charge in [-0.15, -0.1) is 0 Å². The molecule has 0 aromatic carbocycles. The maximum absolute atomic E-state index is 11.9. The average Bonchev–Trinajstić information content (AvgIpc) is 2.74. The minimum absolute atomic E-state index is 0.0723. The van der Waals surface area contributed by atoms with Crippen LogP contribution >= 0.6 is 0 Å². The molecule has 0 aromatic rings. The number of imide groups is 1. The van der Waals surface area contributed by atoms with Gasteiger partial charge in [0.25, 0.3) is 0 Å². The Bertz CT molecular complexity index is 363. The molecule has 3 aliphatic heterocycles. The monoisotopic (exact) mass is 251 g/mol. The summed E-state index contributed by atoms with van der Waals surface area (Å²) < 4.78 is 0. The third-order valence-corrected chi connectivity index (χ3v) is 4.78. The van der Waals surface area contributed by atoms with Crippen molar-refractivity contribution in [3.8, 4) is 0 Å². The highest BCUT2D eigenvalue weighted by Gasteiger charge is 2.43. The maximum Gasteiger partial charge on any atom is 0.243 e. The number of nitrogens with zero attached hydrogens (tertiary/aromatic N) is 1. The fourth-order valence-electron chi connectivity index (χ4n) is 3.63. The molecule has 1 atom stereocenters. The minimum atomic E-state index is -0.118. The standard InChI is InChI=1S/C13H21N3O2/c17-11-2-1-10(12(18)15-11)16-8-5-13(9-16)3-6-14-7-4-13/h10,14H,1-9H2,(H,15,17,18). The first-order valence-corrected chi connectivity index (χ1v) is 6.97. The molecule has 0 saturated carbocycles. The van der Waals surface area contributed by atoms with Gasteiger partial charge in [0.2, 0.25) is 11.8 Å². The molecule has 2 N–H and O–H groups in total. The summed E-state index contributed by atoms with van der Waals surface area (Å²) >= 11 is 0. The van der Waals surface area contributed by atoms with E-state index in [4.69, 9.17) is 0 Å². The minimum Gasteiger partial charge on any atom is -0.317 e. The Balaban J connectivity index is 1.64. The molecule has 0 aromatic heterocycles. The van der Waals surface area contributed by atoms with Gasteiger partial charge in [0.15, 0.2) is 0 Å². The van der Waals surface area contributed by atoms with Crippen LogP contribution in [0.1, 0.15) is 32.1 Å². The number of amides is 2. The molecule has 1 spiro atoms. The molecule has 0 aliphatic carbocycles. The van der Waals surface area contributed by atoms with Crippen molar-refractivity contribution in [3.05, 3.63) is 0 Å². The van der Waals surface area contributed by atoms with E-state index in [1.165, 1.54) is 19.3 Å². The van der Waals surface area contributed by atoms with Gasteiger partial charge in [-0.05, 0) is 50.7 Å². The first-order valence-electron chi connectivity index (χ1n) is 6.97. The van der Waals surface area contributed by atoms with Gasteiger partial charge in [-0.1, -0.05) is 0 Å². The van der Waals surface area contributed by atoms with E-state index in [9.17, 15) is 9.59 Å². The van der Waals surface area contributed by atoms with Crippen LogP contribution in [-0.4, -0.2) is 48.9 Å². The van der Waals surface area contributed by atoms with Crippen LogP contribution in [0.4, 0.5) is 0 Å². The van der Waals surface area contributed by atoms with Crippen LogP contribution in [-0.2, 0) is 9.59 Å². The summed E-state index contributed by atoms with van der Waals surface area (Å²) in [6.07, 6.45) is 4.82. The fourth-order valence-corrected chi connectivity index (χ4v) is 3.63. The fraction of sp³-hybridized carbons (Fsp3) is 0.846. The summed E-state index contributed by atoms with van der Waals surface area (Å²) in [6.45, 7) is 4.24. The van der Waals surface area contributed by atoms with E-state index in [1.807, 2.05) is 0 Å². The van der Waals surface area contributed by atoms with Crippen LogP contribution in [0.3, 0.4) is 0 Å². The zero-order valence-corrected chi connectivity index (χ0v) is 10.7. The third-order valence-electron chi connectivity index (χ3n) is 4.78. The van der Waals surface area contributed by atoms with Gasteiger partial charge in [0.1, 0.15) is 0 Å². The number of likely N-dealkylation sites (tertiary alicyclic amines) is 1. The van der Waals surface area contributed by atoms with E-state index >= 15 is 0 Å². The van der Waals surface area contributed by atoms with Gasteiger partial charge >= 0.3 is 0 Å². The summed E-state index contributed by atoms with van der Waals surface area (Å²) in [5.74, 6) is -0.204. The highest BCUT2D eigenvalue weighted by molar-refractivity contribution is 6.00. The molecule has 0 radical (unpaired) electrons. The molecule has 3 aliphatic rings. The normalized spacial score (nSPS) is 32.8. The second kappa shape index (κ2) is 4.63. The number of nitrogens with one attached hydrogen (secondary N) is 2. The molecule has 3 heterocycles. The summed E-state index contributed by atoms with van der Waals surface area (Å²) in [5, 5.41) is 5.87. The van der Waals surface area contributed by atoms with E-state index in [-0.39, 0.29) is 17.9 Å². The van der Waals surface area contributed by atoms with Gasteiger partial charge < -0.3 is 5.32 Å². The van der Waals surface area contributed by atoms with Gasteiger partial charge in [-0.25, -0.2) is 0 Å². The van der Waals surface area contributed by atoms with Crippen LogP contribution in [0, 0.1) is 5.41 Å². The third kappa shape index (κ3) is 2.17. The van der Waals surface area contributed by atoms with E-state index in [2.05, 4.69) is 15.5 Å². The predicted octanol–water partition coefficient (Wildman–Crippen LogP) is -0.133. The number of rotatable bonds is 1. The Morgan fingerprint density at radius 2 is 1.94 bits per heavy atom. The number of piperidine rings is 2. The van der Waals surface area contributed by atoms with Crippen molar-refractivity contribution in [1.29, 1.82) is 0 Å².